The summed E-state index contributed by atoms with van der Waals surface area (Å²) in [6.45, 7) is 5.49. The number of nitriles is 1. The van der Waals surface area contributed by atoms with Gasteiger partial charge in [-0.2, -0.15) is 10.4 Å². The first kappa shape index (κ1) is 16.2. The third-order valence-corrected chi connectivity index (χ3v) is 4.86. The highest BCUT2D eigenvalue weighted by atomic mass is 16.7. The molecule has 0 atom stereocenters. The summed E-state index contributed by atoms with van der Waals surface area (Å²) in [5.74, 6) is 0.263. The van der Waals surface area contributed by atoms with E-state index in [0.717, 1.165) is 49.8 Å². The fraction of sp³-hybridized carbons (Fsp3) is 0.706. The highest BCUT2D eigenvalue weighted by Gasteiger charge is 2.40. The summed E-state index contributed by atoms with van der Waals surface area (Å²) in [7, 11) is 0. The van der Waals surface area contributed by atoms with Gasteiger partial charge in [-0.1, -0.05) is 13.8 Å². The van der Waals surface area contributed by atoms with Crippen LogP contribution in [0.3, 0.4) is 0 Å². The van der Waals surface area contributed by atoms with E-state index in [1.807, 2.05) is 6.92 Å². The lowest BCUT2D eigenvalue weighted by atomic mass is 9.90. The maximum atomic E-state index is 9.55. The minimum absolute atomic E-state index is 0.284. The summed E-state index contributed by atoms with van der Waals surface area (Å²) < 4.78 is 11.5. The van der Waals surface area contributed by atoms with Gasteiger partial charge in [-0.15, -0.1) is 5.10 Å². The van der Waals surface area contributed by atoms with E-state index in [1.54, 1.807) is 0 Å². The van der Waals surface area contributed by atoms with E-state index in [1.165, 1.54) is 0 Å². The predicted octanol–water partition coefficient (Wildman–Crippen LogP) is 2.57. The molecule has 2 fully saturated rings. The Morgan fingerprint density at radius 2 is 1.87 bits per heavy atom. The Labute approximate surface area is 137 Å². The van der Waals surface area contributed by atoms with E-state index < -0.39 is 0 Å². The molecule has 23 heavy (non-hydrogen) atoms. The molecule has 1 aliphatic carbocycles. The van der Waals surface area contributed by atoms with Crippen LogP contribution in [-0.2, 0) is 22.3 Å². The molecule has 2 heterocycles. The molecule has 1 saturated heterocycles. The maximum Gasteiger partial charge on any atom is 0.168 e. The molecule has 1 aromatic rings. The normalized spacial score (nSPS) is 20.6. The Kier molecular flexibility index (Phi) is 4.79. The lowest BCUT2D eigenvalue weighted by Gasteiger charge is -2.35. The van der Waals surface area contributed by atoms with Gasteiger partial charge in [0.1, 0.15) is 11.6 Å². The van der Waals surface area contributed by atoms with E-state index in [4.69, 9.17) is 9.47 Å². The summed E-state index contributed by atoms with van der Waals surface area (Å²) in [6, 6.07) is 2.60. The van der Waals surface area contributed by atoms with Crippen LogP contribution in [0.5, 0.6) is 0 Å². The highest BCUT2D eigenvalue weighted by molar-refractivity contribution is 5.57. The van der Waals surface area contributed by atoms with Crippen LogP contribution in [0.4, 0.5) is 5.82 Å². The van der Waals surface area contributed by atoms with Gasteiger partial charge in [0.15, 0.2) is 11.6 Å². The number of hydrogen-bond acceptors (Lipinski definition) is 6. The van der Waals surface area contributed by atoms with Crippen LogP contribution in [0.25, 0.3) is 0 Å². The van der Waals surface area contributed by atoms with E-state index >= 15 is 0 Å². The average Bonchev–Trinajstić information content (AvgIpc) is 3.04. The third-order valence-electron chi connectivity index (χ3n) is 4.86. The van der Waals surface area contributed by atoms with E-state index in [-0.39, 0.29) is 11.8 Å². The average molecular weight is 316 g/mol. The topological polar surface area (TPSA) is 80.1 Å². The summed E-state index contributed by atoms with van der Waals surface area (Å²) in [4.78, 5) is 0. The molecule has 0 amide bonds. The number of ether oxygens (including phenoxy) is 2. The molecule has 6 nitrogen and oxygen atoms in total. The molecule has 1 N–H and O–H groups in total. The van der Waals surface area contributed by atoms with Gasteiger partial charge >= 0.3 is 0 Å². The molecular formula is C17H24N4O2. The Bertz CT molecular complexity index is 595. The second-order valence-corrected chi connectivity index (χ2v) is 6.19. The van der Waals surface area contributed by atoms with Gasteiger partial charge in [0.05, 0.1) is 18.9 Å². The molecule has 124 valence electrons. The smallest absolute Gasteiger partial charge is 0.168 e. The van der Waals surface area contributed by atoms with Gasteiger partial charge in [0.2, 0.25) is 0 Å². The van der Waals surface area contributed by atoms with Crippen molar-refractivity contribution in [2.24, 2.45) is 0 Å². The molecule has 6 heteroatoms. The molecule has 0 bridgehead atoms. The van der Waals surface area contributed by atoms with E-state index in [0.29, 0.717) is 24.6 Å². The minimum atomic E-state index is -0.359. The number of hydrogen-bond donors (Lipinski definition) is 1. The first-order chi connectivity index (χ1) is 11.2. The lowest BCUT2D eigenvalue weighted by molar-refractivity contribution is -0.177. The number of anilines is 1. The zero-order chi connectivity index (χ0) is 16.3. The van der Waals surface area contributed by atoms with Crippen LogP contribution >= 0.6 is 0 Å². The van der Waals surface area contributed by atoms with Gasteiger partial charge in [-0.25, -0.2) is 0 Å². The standard InChI is InChI=1S/C17H24N4O2/c1-3-13-14(11-18)16(21-20-15(13)4-2)19-12-5-7-17(8-6-12)22-9-10-23-17/h12H,3-10H2,1-2H3,(H,19,21). The number of nitrogens with one attached hydrogen (secondary N) is 1. The quantitative estimate of drug-likeness (QED) is 0.919. The van der Waals surface area contributed by atoms with Gasteiger partial charge in [0.25, 0.3) is 0 Å². The largest absolute Gasteiger partial charge is 0.365 e. The zero-order valence-corrected chi connectivity index (χ0v) is 13.9. The number of nitrogens with zero attached hydrogens (tertiary/aromatic N) is 3. The molecule has 3 rings (SSSR count). The number of aromatic nitrogens is 2. The van der Waals surface area contributed by atoms with Gasteiger partial charge in [0, 0.05) is 18.9 Å². The van der Waals surface area contributed by atoms with Crippen molar-refractivity contribution < 1.29 is 9.47 Å². The Morgan fingerprint density at radius 3 is 2.43 bits per heavy atom. The lowest BCUT2D eigenvalue weighted by Crippen LogP contribution is -2.39. The molecular weight excluding hydrogens is 292 g/mol. The van der Waals surface area contributed by atoms with E-state index in [2.05, 4.69) is 28.5 Å². The molecule has 1 aromatic heterocycles. The van der Waals surface area contributed by atoms with Gasteiger partial charge < -0.3 is 14.8 Å². The monoisotopic (exact) mass is 316 g/mol. The fourth-order valence-corrected chi connectivity index (χ4v) is 3.58. The fourth-order valence-electron chi connectivity index (χ4n) is 3.58. The van der Waals surface area contributed by atoms with Crippen molar-refractivity contribution in [2.45, 2.75) is 64.2 Å². The Morgan fingerprint density at radius 1 is 1.17 bits per heavy atom. The summed E-state index contributed by atoms with van der Waals surface area (Å²) in [5, 5.41) is 21.5. The van der Waals surface area contributed by atoms with Crippen LogP contribution in [0.15, 0.2) is 0 Å². The molecule has 1 saturated carbocycles. The molecule has 0 radical (unpaired) electrons. The van der Waals surface area contributed by atoms with Crippen LogP contribution in [0, 0.1) is 11.3 Å². The first-order valence-corrected chi connectivity index (χ1v) is 8.54. The molecule has 1 aliphatic heterocycles. The van der Waals surface area contributed by atoms with E-state index in [9.17, 15) is 5.26 Å². The molecule has 0 aromatic carbocycles. The third kappa shape index (κ3) is 3.17. The summed E-state index contributed by atoms with van der Waals surface area (Å²) >= 11 is 0. The van der Waals surface area contributed by atoms with Crippen LogP contribution in [-0.4, -0.2) is 35.2 Å². The van der Waals surface area contributed by atoms with Crippen molar-refractivity contribution >= 4 is 5.82 Å². The molecule has 0 unspecified atom stereocenters. The SMILES string of the molecule is CCc1nnc(NC2CCC3(CC2)OCCO3)c(C#N)c1CC. The summed E-state index contributed by atoms with van der Waals surface area (Å²) in [6.07, 6.45) is 5.26. The Hall–Kier alpha value is -1.71. The molecule has 1 spiro atoms. The second-order valence-electron chi connectivity index (χ2n) is 6.19. The van der Waals surface area contributed by atoms with Crippen molar-refractivity contribution in [1.29, 1.82) is 5.26 Å². The van der Waals surface area contributed by atoms with Crippen molar-refractivity contribution in [3.8, 4) is 6.07 Å². The summed E-state index contributed by atoms with van der Waals surface area (Å²) in [5.41, 5.74) is 2.58. The van der Waals surface area contributed by atoms with Crippen molar-refractivity contribution in [3.05, 3.63) is 16.8 Å². The second kappa shape index (κ2) is 6.81. The van der Waals surface area contributed by atoms with Crippen molar-refractivity contribution in [2.75, 3.05) is 18.5 Å². The predicted molar refractivity (Wildman–Crippen MR) is 86.0 cm³/mol. The minimum Gasteiger partial charge on any atom is -0.365 e. The first-order valence-electron chi connectivity index (χ1n) is 8.54. The highest BCUT2D eigenvalue weighted by Crippen LogP contribution is 2.36. The number of rotatable bonds is 4. The Balaban J connectivity index is 1.72. The maximum absolute atomic E-state index is 9.55. The van der Waals surface area contributed by atoms with Gasteiger partial charge in [-0.05, 0) is 31.2 Å². The van der Waals surface area contributed by atoms with Crippen LogP contribution < -0.4 is 5.32 Å². The zero-order valence-electron chi connectivity index (χ0n) is 13.9. The van der Waals surface area contributed by atoms with Crippen molar-refractivity contribution in [1.82, 2.24) is 10.2 Å². The van der Waals surface area contributed by atoms with Gasteiger partial charge in [-0.3, -0.25) is 0 Å². The molecule has 2 aliphatic rings. The van der Waals surface area contributed by atoms with Crippen LogP contribution in [0.1, 0.15) is 56.4 Å². The van der Waals surface area contributed by atoms with Crippen LogP contribution in [0.2, 0.25) is 0 Å². The number of aryl methyl sites for hydroxylation is 1. The van der Waals surface area contributed by atoms with Crippen molar-refractivity contribution in [3.63, 3.8) is 0 Å².